The number of carbonyl (C=O) groups excluding carboxylic acids is 1. The minimum Gasteiger partial charge on any atom is -0.379 e. The van der Waals surface area contributed by atoms with E-state index in [4.69, 9.17) is 0 Å². The van der Waals surface area contributed by atoms with Crippen LogP contribution in [0.15, 0.2) is 24.3 Å². The van der Waals surface area contributed by atoms with Gasteiger partial charge in [0.1, 0.15) is 5.69 Å². The quantitative estimate of drug-likeness (QED) is 0.637. The Balaban J connectivity index is 1.88. The highest BCUT2D eigenvalue weighted by molar-refractivity contribution is 5.77. The highest BCUT2D eigenvalue weighted by Crippen LogP contribution is 2.23. The molecule has 7 nitrogen and oxygen atoms in total. The van der Waals surface area contributed by atoms with E-state index in [0.717, 1.165) is 6.54 Å². The lowest BCUT2D eigenvalue weighted by Crippen LogP contribution is -2.57. The largest absolute Gasteiger partial charge is 0.379 e. The van der Waals surface area contributed by atoms with E-state index < -0.39 is 4.92 Å². The van der Waals surface area contributed by atoms with Crippen molar-refractivity contribution < 1.29 is 9.72 Å². The molecule has 1 aliphatic rings. The van der Waals surface area contributed by atoms with Crippen LogP contribution in [-0.2, 0) is 4.79 Å². The highest BCUT2D eigenvalue weighted by Gasteiger charge is 2.27. The molecule has 0 saturated carbocycles. The van der Waals surface area contributed by atoms with Crippen molar-refractivity contribution in [3.63, 3.8) is 0 Å². The lowest BCUT2D eigenvalue weighted by atomic mass is 10.1. The zero-order valence-electron chi connectivity index (χ0n) is 12.9. The molecule has 0 radical (unpaired) electrons. The second-order valence-corrected chi connectivity index (χ2v) is 5.52. The summed E-state index contributed by atoms with van der Waals surface area (Å²) in [6.07, 6.45) is 0.323. The third kappa shape index (κ3) is 3.73. The predicted octanol–water partition coefficient (Wildman–Crippen LogP) is 1.61. The van der Waals surface area contributed by atoms with E-state index in [9.17, 15) is 14.9 Å². The molecule has 22 heavy (non-hydrogen) atoms. The van der Waals surface area contributed by atoms with Gasteiger partial charge in [0.05, 0.1) is 4.92 Å². The van der Waals surface area contributed by atoms with E-state index >= 15 is 0 Å². The van der Waals surface area contributed by atoms with Gasteiger partial charge in [-0.15, -0.1) is 0 Å². The van der Waals surface area contributed by atoms with Gasteiger partial charge in [-0.3, -0.25) is 14.9 Å². The summed E-state index contributed by atoms with van der Waals surface area (Å²) in [4.78, 5) is 24.7. The maximum Gasteiger partial charge on any atom is 0.292 e. The molecular formula is C15H22N4O3. The van der Waals surface area contributed by atoms with Gasteiger partial charge < -0.3 is 15.5 Å². The average molecular weight is 306 g/mol. The topological polar surface area (TPSA) is 87.5 Å². The van der Waals surface area contributed by atoms with E-state index in [1.165, 1.54) is 6.07 Å². The van der Waals surface area contributed by atoms with Crippen LogP contribution in [0.25, 0.3) is 0 Å². The second-order valence-electron chi connectivity index (χ2n) is 5.52. The minimum absolute atomic E-state index is 0.0270. The van der Waals surface area contributed by atoms with Crippen LogP contribution >= 0.6 is 0 Å². The molecule has 120 valence electrons. The van der Waals surface area contributed by atoms with Crippen molar-refractivity contribution in [2.45, 2.75) is 32.4 Å². The fraction of sp³-hybridized carbons (Fsp3) is 0.533. The van der Waals surface area contributed by atoms with Crippen molar-refractivity contribution in [3.05, 3.63) is 34.4 Å². The van der Waals surface area contributed by atoms with Gasteiger partial charge in [0.15, 0.2) is 0 Å². The number of nitrogens with one attached hydrogen (secondary N) is 2. The molecule has 0 bridgehead atoms. The molecule has 0 spiro atoms. The summed E-state index contributed by atoms with van der Waals surface area (Å²) in [5.41, 5.74) is 0.473. The molecule has 1 heterocycles. The lowest BCUT2D eigenvalue weighted by Gasteiger charge is -2.38. The highest BCUT2D eigenvalue weighted by atomic mass is 16.6. The number of nitro benzene ring substituents is 1. The molecule has 2 unspecified atom stereocenters. The van der Waals surface area contributed by atoms with E-state index in [-0.39, 0.29) is 23.7 Å². The SMILES string of the molecule is CC1NCCN(C(=O)CCNc2ccccc2[N+](=O)[O-])C1C. The fourth-order valence-corrected chi connectivity index (χ4v) is 2.64. The Morgan fingerprint density at radius 3 is 2.91 bits per heavy atom. The smallest absolute Gasteiger partial charge is 0.292 e. The average Bonchev–Trinajstić information content (AvgIpc) is 2.50. The van der Waals surface area contributed by atoms with E-state index in [1.807, 2.05) is 11.8 Å². The van der Waals surface area contributed by atoms with Gasteiger partial charge in [0, 0.05) is 44.2 Å². The fourth-order valence-electron chi connectivity index (χ4n) is 2.64. The van der Waals surface area contributed by atoms with Gasteiger partial charge in [0.2, 0.25) is 5.91 Å². The van der Waals surface area contributed by atoms with Crippen LogP contribution in [0.1, 0.15) is 20.3 Å². The van der Waals surface area contributed by atoms with Crippen LogP contribution in [0.2, 0.25) is 0 Å². The van der Waals surface area contributed by atoms with Crippen molar-refractivity contribution >= 4 is 17.3 Å². The summed E-state index contributed by atoms with van der Waals surface area (Å²) in [6, 6.07) is 6.89. The van der Waals surface area contributed by atoms with Crippen molar-refractivity contribution in [2.24, 2.45) is 0 Å². The van der Waals surface area contributed by atoms with Gasteiger partial charge in [-0.05, 0) is 19.9 Å². The van der Waals surface area contributed by atoms with Crippen molar-refractivity contribution in [3.8, 4) is 0 Å². The number of hydrogen-bond donors (Lipinski definition) is 2. The summed E-state index contributed by atoms with van der Waals surface area (Å²) in [5.74, 6) is 0.0759. The Kier molecular flexibility index (Phi) is 5.32. The second kappa shape index (κ2) is 7.22. The molecule has 1 saturated heterocycles. The molecular weight excluding hydrogens is 284 g/mol. The first-order valence-corrected chi connectivity index (χ1v) is 7.51. The summed E-state index contributed by atoms with van der Waals surface area (Å²) in [5, 5.41) is 17.2. The van der Waals surface area contributed by atoms with Crippen LogP contribution in [0.5, 0.6) is 0 Å². The van der Waals surface area contributed by atoms with Crippen molar-refractivity contribution in [1.82, 2.24) is 10.2 Å². The number of nitro groups is 1. The zero-order chi connectivity index (χ0) is 16.1. The number of piperazine rings is 1. The van der Waals surface area contributed by atoms with Gasteiger partial charge in [0.25, 0.3) is 5.69 Å². The Bertz CT molecular complexity index is 549. The molecule has 1 aromatic carbocycles. The molecule has 0 aromatic heterocycles. The first-order valence-electron chi connectivity index (χ1n) is 7.51. The molecule has 0 aliphatic carbocycles. The van der Waals surface area contributed by atoms with E-state index in [2.05, 4.69) is 17.6 Å². The van der Waals surface area contributed by atoms with Crippen LogP contribution in [0, 0.1) is 10.1 Å². The molecule has 2 rings (SSSR count). The Labute approximate surface area is 129 Å². The van der Waals surface area contributed by atoms with Gasteiger partial charge in [-0.2, -0.15) is 0 Å². The Morgan fingerprint density at radius 1 is 1.45 bits per heavy atom. The van der Waals surface area contributed by atoms with Gasteiger partial charge in [-0.25, -0.2) is 0 Å². The monoisotopic (exact) mass is 306 g/mol. The first-order chi connectivity index (χ1) is 10.5. The number of benzene rings is 1. The number of carbonyl (C=O) groups is 1. The molecule has 2 N–H and O–H groups in total. The summed E-state index contributed by atoms with van der Waals surface area (Å²) < 4.78 is 0. The van der Waals surface area contributed by atoms with Crippen LogP contribution in [0.4, 0.5) is 11.4 Å². The molecule has 1 aromatic rings. The van der Waals surface area contributed by atoms with Crippen molar-refractivity contribution in [1.29, 1.82) is 0 Å². The molecule has 2 atom stereocenters. The van der Waals surface area contributed by atoms with E-state index in [0.29, 0.717) is 25.2 Å². The van der Waals surface area contributed by atoms with Crippen LogP contribution in [-0.4, -0.2) is 47.4 Å². The number of anilines is 1. The first kappa shape index (κ1) is 16.2. The molecule has 7 heteroatoms. The van der Waals surface area contributed by atoms with E-state index in [1.54, 1.807) is 18.2 Å². The molecule has 1 aliphatic heterocycles. The Hall–Kier alpha value is -2.15. The number of para-hydroxylation sites is 2. The van der Waals surface area contributed by atoms with Gasteiger partial charge >= 0.3 is 0 Å². The number of hydrogen-bond acceptors (Lipinski definition) is 5. The third-order valence-electron chi connectivity index (χ3n) is 4.11. The normalized spacial score (nSPS) is 21.5. The minimum atomic E-state index is -0.426. The summed E-state index contributed by atoms with van der Waals surface area (Å²) in [6.45, 7) is 5.99. The molecule has 1 fully saturated rings. The van der Waals surface area contributed by atoms with Crippen LogP contribution in [0.3, 0.4) is 0 Å². The molecule has 1 amide bonds. The maximum absolute atomic E-state index is 12.3. The van der Waals surface area contributed by atoms with Gasteiger partial charge in [-0.1, -0.05) is 12.1 Å². The zero-order valence-corrected chi connectivity index (χ0v) is 12.9. The van der Waals surface area contributed by atoms with Crippen LogP contribution < -0.4 is 10.6 Å². The lowest BCUT2D eigenvalue weighted by molar-refractivity contribution is -0.384. The number of rotatable bonds is 5. The summed E-state index contributed by atoms with van der Waals surface area (Å²) in [7, 11) is 0. The maximum atomic E-state index is 12.3. The van der Waals surface area contributed by atoms with Crippen molar-refractivity contribution in [2.75, 3.05) is 25.0 Å². The number of amides is 1. The Morgan fingerprint density at radius 2 is 2.18 bits per heavy atom. The third-order valence-corrected chi connectivity index (χ3v) is 4.11. The summed E-state index contributed by atoms with van der Waals surface area (Å²) >= 11 is 0. The predicted molar refractivity (Wildman–Crippen MR) is 84.8 cm³/mol. The number of nitrogens with zero attached hydrogens (tertiary/aromatic N) is 2. The standard InChI is InChI=1S/C15H22N4O3/c1-11-12(2)18(10-9-16-11)15(20)7-8-17-13-5-3-4-6-14(13)19(21)22/h3-6,11-12,16-17H,7-10H2,1-2H3.